The SMILES string of the molecule is O=C(O)CC(F)(F)c1cccnc1. The van der Waals surface area contributed by atoms with Crippen LogP contribution in [0.2, 0.25) is 0 Å². The summed E-state index contributed by atoms with van der Waals surface area (Å²) in [5.41, 5.74) is -0.377. The van der Waals surface area contributed by atoms with Gasteiger partial charge in [0.05, 0.1) is 0 Å². The maximum Gasteiger partial charge on any atom is 0.309 e. The van der Waals surface area contributed by atoms with E-state index in [2.05, 4.69) is 4.98 Å². The van der Waals surface area contributed by atoms with Gasteiger partial charge in [0.2, 0.25) is 0 Å². The molecule has 70 valence electrons. The Balaban J connectivity index is 2.87. The monoisotopic (exact) mass is 187 g/mol. The molecule has 0 aliphatic rings. The average molecular weight is 187 g/mol. The van der Waals surface area contributed by atoms with Crippen molar-refractivity contribution in [1.82, 2.24) is 4.98 Å². The predicted molar refractivity (Wildman–Crippen MR) is 40.4 cm³/mol. The van der Waals surface area contributed by atoms with E-state index in [-0.39, 0.29) is 5.56 Å². The number of aliphatic carboxylic acids is 1. The summed E-state index contributed by atoms with van der Waals surface area (Å²) in [7, 11) is 0. The van der Waals surface area contributed by atoms with E-state index in [4.69, 9.17) is 5.11 Å². The lowest BCUT2D eigenvalue weighted by Gasteiger charge is -2.12. The Hall–Kier alpha value is -1.52. The number of pyridine rings is 1. The van der Waals surface area contributed by atoms with Crippen LogP contribution in [0.4, 0.5) is 8.78 Å². The Morgan fingerprint density at radius 2 is 2.31 bits per heavy atom. The molecule has 1 aromatic rings. The lowest BCUT2D eigenvalue weighted by Crippen LogP contribution is -2.18. The molecule has 0 spiro atoms. The summed E-state index contributed by atoms with van der Waals surface area (Å²) in [6, 6.07) is 2.49. The Morgan fingerprint density at radius 1 is 1.62 bits per heavy atom. The first-order valence-corrected chi connectivity index (χ1v) is 3.52. The molecule has 0 radical (unpaired) electrons. The molecule has 0 amide bonds. The first-order chi connectivity index (χ1) is 6.02. The first-order valence-electron chi connectivity index (χ1n) is 3.52. The van der Waals surface area contributed by atoms with Gasteiger partial charge in [0.25, 0.3) is 5.92 Å². The predicted octanol–water partition coefficient (Wildman–Crippen LogP) is 1.65. The lowest BCUT2D eigenvalue weighted by atomic mass is 10.1. The fourth-order valence-corrected chi connectivity index (χ4v) is 0.871. The molecule has 0 saturated carbocycles. The van der Waals surface area contributed by atoms with Crippen molar-refractivity contribution >= 4 is 5.97 Å². The quantitative estimate of drug-likeness (QED) is 0.782. The zero-order valence-electron chi connectivity index (χ0n) is 6.58. The fourth-order valence-electron chi connectivity index (χ4n) is 0.871. The Morgan fingerprint density at radius 3 is 2.77 bits per heavy atom. The van der Waals surface area contributed by atoms with Gasteiger partial charge in [-0.15, -0.1) is 0 Å². The highest BCUT2D eigenvalue weighted by Crippen LogP contribution is 2.30. The smallest absolute Gasteiger partial charge is 0.309 e. The van der Waals surface area contributed by atoms with Crippen molar-refractivity contribution in [3.8, 4) is 0 Å². The number of nitrogens with zero attached hydrogens (tertiary/aromatic N) is 1. The number of alkyl halides is 2. The van der Waals surface area contributed by atoms with Crippen LogP contribution in [0.15, 0.2) is 24.5 Å². The van der Waals surface area contributed by atoms with Gasteiger partial charge in [0.15, 0.2) is 0 Å². The van der Waals surface area contributed by atoms with Gasteiger partial charge in [0, 0.05) is 18.0 Å². The lowest BCUT2D eigenvalue weighted by molar-refractivity contribution is -0.145. The molecule has 13 heavy (non-hydrogen) atoms. The van der Waals surface area contributed by atoms with Crippen molar-refractivity contribution in [2.45, 2.75) is 12.3 Å². The Bertz CT molecular complexity index is 300. The van der Waals surface area contributed by atoms with Crippen LogP contribution >= 0.6 is 0 Å². The third kappa shape index (κ3) is 2.47. The van der Waals surface area contributed by atoms with Gasteiger partial charge in [-0.05, 0) is 12.1 Å². The van der Waals surface area contributed by atoms with Crippen LogP contribution in [0.1, 0.15) is 12.0 Å². The van der Waals surface area contributed by atoms with Gasteiger partial charge >= 0.3 is 5.97 Å². The van der Waals surface area contributed by atoms with Crippen molar-refractivity contribution in [3.63, 3.8) is 0 Å². The molecule has 1 aromatic heterocycles. The van der Waals surface area contributed by atoms with Crippen molar-refractivity contribution in [3.05, 3.63) is 30.1 Å². The molecule has 0 aliphatic heterocycles. The standard InChI is InChI=1S/C8H7F2NO2/c9-8(10,4-7(12)13)6-2-1-3-11-5-6/h1-3,5H,4H2,(H,12,13). The number of hydrogen-bond acceptors (Lipinski definition) is 2. The van der Waals surface area contributed by atoms with Crippen LogP contribution in [-0.2, 0) is 10.7 Å². The molecule has 0 bridgehead atoms. The van der Waals surface area contributed by atoms with E-state index in [1.807, 2.05) is 0 Å². The minimum absolute atomic E-state index is 0.377. The minimum atomic E-state index is -3.35. The number of aromatic nitrogens is 1. The van der Waals surface area contributed by atoms with E-state index in [0.29, 0.717) is 0 Å². The van der Waals surface area contributed by atoms with E-state index < -0.39 is 18.3 Å². The topological polar surface area (TPSA) is 50.2 Å². The second kappa shape index (κ2) is 3.47. The number of carboxylic acid groups (broad SMARTS) is 1. The molecule has 0 aromatic carbocycles. The first kappa shape index (κ1) is 9.57. The third-order valence-corrected chi connectivity index (χ3v) is 1.46. The maximum absolute atomic E-state index is 13.0. The molecule has 0 fully saturated rings. The molecule has 0 atom stereocenters. The molecule has 0 aliphatic carbocycles. The summed E-state index contributed by atoms with van der Waals surface area (Å²) in [5, 5.41) is 8.21. The molecular weight excluding hydrogens is 180 g/mol. The highest BCUT2D eigenvalue weighted by molar-refractivity contribution is 5.68. The zero-order valence-corrected chi connectivity index (χ0v) is 6.58. The molecule has 0 saturated heterocycles. The number of carboxylic acids is 1. The van der Waals surface area contributed by atoms with Crippen molar-refractivity contribution < 1.29 is 18.7 Å². The maximum atomic E-state index is 13.0. The van der Waals surface area contributed by atoms with Gasteiger partial charge in [-0.2, -0.15) is 0 Å². The molecule has 1 N–H and O–H groups in total. The van der Waals surface area contributed by atoms with Crippen molar-refractivity contribution in [1.29, 1.82) is 0 Å². The molecule has 0 unspecified atom stereocenters. The largest absolute Gasteiger partial charge is 0.481 e. The number of rotatable bonds is 3. The number of carbonyl (C=O) groups is 1. The van der Waals surface area contributed by atoms with Crippen LogP contribution in [-0.4, -0.2) is 16.1 Å². The van der Waals surface area contributed by atoms with E-state index in [9.17, 15) is 13.6 Å². The Kier molecular flexibility index (Phi) is 2.55. The molecular formula is C8H7F2NO2. The second-order valence-corrected chi connectivity index (χ2v) is 2.52. The van der Waals surface area contributed by atoms with E-state index >= 15 is 0 Å². The summed E-state index contributed by atoms with van der Waals surface area (Å²) in [6.07, 6.45) is 1.10. The van der Waals surface area contributed by atoms with Crippen molar-refractivity contribution in [2.75, 3.05) is 0 Å². The highest BCUT2D eigenvalue weighted by atomic mass is 19.3. The van der Waals surface area contributed by atoms with Gasteiger partial charge in [-0.3, -0.25) is 9.78 Å². The third-order valence-electron chi connectivity index (χ3n) is 1.46. The van der Waals surface area contributed by atoms with Gasteiger partial charge in [-0.1, -0.05) is 0 Å². The van der Waals surface area contributed by atoms with Crippen LogP contribution in [0.25, 0.3) is 0 Å². The van der Waals surface area contributed by atoms with E-state index in [1.54, 1.807) is 0 Å². The summed E-state index contributed by atoms with van der Waals surface area (Å²) in [5.74, 6) is -4.88. The summed E-state index contributed by atoms with van der Waals surface area (Å²) >= 11 is 0. The molecule has 1 rings (SSSR count). The fraction of sp³-hybridized carbons (Fsp3) is 0.250. The van der Waals surface area contributed by atoms with Gasteiger partial charge in [-0.25, -0.2) is 8.78 Å². The number of halogens is 2. The van der Waals surface area contributed by atoms with Gasteiger partial charge < -0.3 is 5.11 Å². The summed E-state index contributed by atoms with van der Waals surface area (Å²) in [4.78, 5) is 13.6. The van der Waals surface area contributed by atoms with Crippen LogP contribution in [0, 0.1) is 0 Å². The zero-order chi connectivity index (χ0) is 9.90. The second-order valence-electron chi connectivity index (χ2n) is 2.52. The minimum Gasteiger partial charge on any atom is -0.481 e. The van der Waals surface area contributed by atoms with Crippen LogP contribution < -0.4 is 0 Å². The average Bonchev–Trinajstić information content (AvgIpc) is 2.04. The highest BCUT2D eigenvalue weighted by Gasteiger charge is 2.34. The van der Waals surface area contributed by atoms with E-state index in [1.165, 1.54) is 12.3 Å². The van der Waals surface area contributed by atoms with Gasteiger partial charge in [0.1, 0.15) is 6.42 Å². The molecule has 1 heterocycles. The van der Waals surface area contributed by atoms with Crippen molar-refractivity contribution in [2.24, 2.45) is 0 Å². The molecule has 5 heteroatoms. The summed E-state index contributed by atoms with van der Waals surface area (Å²) < 4.78 is 26.0. The summed E-state index contributed by atoms with van der Waals surface area (Å²) in [6.45, 7) is 0. The Labute approximate surface area is 73.0 Å². The van der Waals surface area contributed by atoms with E-state index in [0.717, 1.165) is 12.3 Å². The normalized spacial score (nSPS) is 11.2. The van der Waals surface area contributed by atoms with Crippen LogP contribution in [0.3, 0.4) is 0 Å². The van der Waals surface area contributed by atoms with Crippen LogP contribution in [0.5, 0.6) is 0 Å². The molecule has 3 nitrogen and oxygen atoms in total. The number of hydrogen-bond donors (Lipinski definition) is 1.